The first kappa shape index (κ1) is 17.7. The molecule has 1 aliphatic heterocycles. The number of furan rings is 1. The number of likely N-dealkylation sites (tertiary alicyclic amines) is 1. The molecule has 1 aromatic heterocycles. The largest absolute Gasteiger partial charge is 0.466 e. The van der Waals surface area contributed by atoms with E-state index >= 15 is 0 Å². The number of hydrogen-bond acceptors (Lipinski definition) is 3. The minimum atomic E-state index is -0.627. The third-order valence-corrected chi connectivity index (χ3v) is 5.26. The lowest BCUT2D eigenvalue weighted by atomic mass is 9.87. The van der Waals surface area contributed by atoms with Gasteiger partial charge in [-0.25, -0.2) is 4.39 Å². The Morgan fingerprint density at radius 3 is 2.28 bits per heavy atom. The van der Waals surface area contributed by atoms with Crippen molar-refractivity contribution in [2.75, 3.05) is 13.1 Å². The zero-order valence-electron chi connectivity index (χ0n) is 14.9. The first-order valence-electron chi connectivity index (χ1n) is 8.68. The molecule has 1 aromatic carbocycles. The van der Waals surface area contributed by atoms with E-state index in [1.54, 1.807) is 12.1 Å². The molecule has 1 atom stereocenters. The molecule has 0 saturated carbocycles. The fraction of sp³-hybridized carbons (Fsp3) is 0.450. The smallest absolute Gasteiger partial charge is 0.257 e. The van der Waals surface area contributed by atoms with E-state index in [9.17, 15) is 14.3 Å². The number of aryl methyl sites for hydroxylation is 2. The van der Waals surface area contributed by atoms with Crippen molar-refractivity contribution in [2.45, 2.75) is 39.7 Å². The molecule has 0 radical (unpaired) electrons. The third kappa shape index (κ3) is 3.47. The summed E-state index contributed by atoms with van der Waals surface area (Å²) in [6.07, 6.45) is 0.816. The van der Waals surface area contributed by atoms with E-state index in [1.165, 1.54) is 12.1 Å². The van der Waals surface area contributed by atoms with Crippen LogP contribution < -0.4 is 0 Å². The first-order chi connectivity index (χ1) is 11.9. The van der Waals surface area contributed by atoms with Crippen LogP contribution in [0.15, 0.2) is 28.7 Å². The molecule has 1 N–H and O–H groups in total. The molecule has 1 aliphatic rings. The second kappa shape index (κ2) is 7.00. The van der Waals surface area contributed by atoms with Crippen molar-refractivity contribution in [1.82, 2.24) is 4.90 Å². The van der Waals surface area contributed by atoms with Crippen molar-refractivity contribution in [3.05, 3.63) is 58.3 Å². The molecule has 0 spiro atoms. The van der Waals surface area contributed by atoms with Gasteiger partial charge in [-0.3, -0.25) is 4.79 Å². The molecule has 1 fully saturated rings. The molecule has 134 valence electrons. The maximum absolute atomic E-state index is 13.0. The number of piperidine rings is 1. The molecule has 1 saturated heterocycles. The molecule has 0 aliphatic carbocycles. The summed E-state index contributed by atoms with van der Waals surface area (Å²) in [6.45, 7) is 6.79. The summed E-state index contributed by atoms with van der Waals surface area (Å²) in [4.78, 5) is 14.6. The Bertz CT molecular complexity index is 758. The van der Waals surface area contributed by atoms with Gasteiger partial charge in [0.1, 0.15) is 17.3 Å². The second-order valence-electron chi connectivity index (χ2n) is 6.84. The second-order valence-corrected chi connectivity index (χ2v) is 6.84. The molecular formula is C20H24FNO3. The highest BCUT2D eigenvalue weighted by Crippen LogP contribution is 2.32. The van der Waals surface area contributed by atoms with Crippen molar-refractivity contribution in [3.63, 3.8) is 0 Å². The number of hydrogen-bond donors (Lipinski definition) is 1. The molecular weight excluding hydrogens is 321 g/mol. The molecule has 2 heterocycles. The number of carbonyl (C=O) groups is 1. The average Bonchev–Trinajstić information content (AvgIpc) is 2.87. The highest BCUT2D eigenvalue weighted by Gasteiger charge is 2.30. The standard InChI is InChI=1S/C20H24FNO3/c1-12-13(2)25-14(3)18(12)20(24)22-10-8-16(9-11-22)19(23)15-4-6-17(21)7-5-15/h4-7,16,19,23H,8-11H2,1-3H3. The van der Waals surface area contributed by atoms with Gasteiger partial charge in [-0.05, 0) is 57.2 Å². The molecule has 4 nitrogen and oxygen atoms in total. The van der Waals surface area contributed by atoms with Gasteiger partial charge in [0.15, 0.2) is 0 Å². The molecule has 1 amide bonds. The summed E-state index contributed by atoms with van der Waals surface area (Å²) in [5.74, 6) is 1.21. The highest BCUT2D eigenvalue weighted by atomic mass is 19.1. The predicted molar refractivity (Wildman–Crippen MR) is 92.9 cm³/mol. The van der Waals surface area contributed by atoms with Crippen LogP contribution in [-0.2, 0) is 0 Å². The maximum atomic E-state index is 13.0. The molecule has 5 heteroatoms. The Hall–Kier alpha value is -2.14. The third-order valence-electron chi connectivity index (χ3n) is 5.26. The number of halogens is 1. The van der Waals surface area contributed by atoms with E-state index in [-0.39, 0.29) is 17.6 Å². The summed E-state index contributed by atoms with van der Waals surface area (Å²) in [7, 11) is 0. The van der Waals surface area contributed by atoms with Crippen molar-refractivity contribution >= 4 is 5.91 Å². The quantitative estimate of drug-likeness (QED) is 0.917. The Morgan fingerprint density at radius 1 is 1.16 bits per heavy atom. The summed E-state index contributed by atoms with van der Waals surface area (Å²) < 4.78 is 18.6. The number of nitrogens with zero attached hydrogens (tertiary/aromatic N) is 1. The Kier molecular flexibility index (Phi) is 4.95. The van der Waals surface area contributed by atoms with Gasteiger partial charge >= 0.3 is 0 Å². The highest BCUT2D eigenvalue weighted by molar-refractivity contribution is 5.96. The number of carbonyl (C=O) groups excluding carboxylic acids is 1. The fourth-order valence-electron chi connectivity index (χ4n) is 3.62. The Labute approximate surface area is 147 Å². The summed E-state index contributed by atoms with van der Waals surface area (Å²) >= 11 is 0. The fourth-order valence-corrected chi connectivity index (χ4v) is 3.62. The van der Waals surface area contributed by atoms with Crippen LogP contribution in [0.5, 0.6) is 0 Å². The van der Waals surface area contributed by atoms with Crippen LogP contribution in [0.25, 0.3) is 0 Å². The van der Waals surface area contributed by atoms with Crippen LogP contribution in [0.2, 0.25) is 0 Å². The van der Waals surface area contributed by atoms with Gasteiger partial charge in [-0.15, -0.1) is 0 Å². The number of benzene rings is 1. The molecule has 25 heavy (non-hydrogen) atoms. The van der Waals surface area contributed by atoms with Crippen LogP contribution in [0.4, 0.5) is 4.39 Å². The molecule has 3 rings (SSSR count). The monoisotopic (exact) mass is 345 g/mol. The SMILES string of the molecule is Cc1oc(C)c(C(=O)N2CCC(C(O)c3ccc(F)cc3)CC2)c1C. The van der Waals surface area contributed by atoms with E-state index in [0.29, 0.717) is 24.4 Å². The zero-order valence-corrected chi connectivity index (χ0v) is 14.9. The van der Waals surface area contributed by atoms with Crippen molar-refractivity contribution in [2.24, 2.45) is 5.92 Å². The summed E-state index contributed by atoms with van der Waals surface area (Å²) in [6, 6.07) is 5.98. The minimum absolute atomic E-state index is 0.00146. The average molecular weight is 345 g/mol. The van der Waals surface area contributed by atoms with E-state index < -0.39 is 6.10 Å². The lowest BCUT2D eigenvalue weighted by Crippen LogP contribution is -2.40. The van der Waals surface area contributed by atoms with Crippen molar-refractivity contribution in [1.29, 1.82) is 0 Å². The summed E-state index contributed by atoms with van der Waals surface area (Å²) in [5, 5.41) is 10.5. The predicted octanol–water partition coefficient (Wildman–Crippen LogP) is 3.93. The van der Waals surface area contributed by atoms with Crippen LogP contribution >= 0.6 is 0 Å². The van der Waals surface area contributed by atoms with Crippen LogP contribution in [0.3, 0.4) is 0 Å². The molecule has 0 bridgehead atoms. The first-order valence-corrected chi connectivity index (χ1v) is 8.68. The van der Waals surface area contributed by atoms with Gasteiger partial charge in [0.2, 0.25) is 0 Å². The van der Waals surface area contributed by atoms with E-state index in [0.717, 1.165) is 29.7 Å². The number of aliphatic hydroxyl groups excluding tert-OH is 1. The van der Waals surface area contributed by atoms with Gasteiger partial charge in [0, 0.05) is 18.7 Å². The lowest BCUT2D eigenvalue weighted by Gasteiger charge is -2.34. The van der Waals surface area contributed by atoms with Crippen molar-refractivity contribution in [3.8, 4) is 0 Å². The van der Waals surface area contributed by atoms with E-state index in [2.05, 4.69) is 0 Å². The van der Waals surface area contributed by atoms with Crippen LogP contribution in [0.1, 0.15) is 52.0 Å². The topological polar surface area (TPSA) is 53.7 Å². The van der Waals surface area contributed by atoms with Crippen molar-refractivity contribution < 1.29 is 18.7 Å². The number of aliphatic hydroxyl groups is 1. The molecule has 1 unspecified atom stereocenters. The lowest BCUT2D eigenvalue weighted by molar-refractivity contribution is 0.0460. The maximum Gasteiger partial charge on any atom is 0.257 e. The van der Waals surface area contributed by atoms with Gasteiger partial charge in [0.05, 0.1) is 11.7 Å². The Morgan fingerprint density at radius 2 is 1.76 bits per heavy atom. The normalized spacial score (nSPS) is 16.9. The number of rotatable bonds is 3. The van der Waals surface area contributed by atoms with Gasteiger partial charge in [0.25, 0.3) is 5.91 Å². The van der Waals surface area contributed by atoms with Gasteiger partial charge in [-0.2, -0.15) is 0 Å². The Balaban J connectivity index is 1.65. The van der Waals surface area contributed by atoms with Gasteiger partial charge < -0.3 is 14.4 Å². The van der Waals surface area contributed by atoms with E-state index in [1.807, 2.05) is 25.7 Å². The zero-order chi connectivity index (χ0) is 18.1. The number of amides is 1. The molecule has 2 aromatic rings. The van der Waals surface area contributed by atoms with E-state index in [4.69, 9.17) is 4.42 Å². The minimum Gasteiger partial charge on any atom is -0.466 e. The summed E-state index contributed by atoms with van der Waals surface area (Å²) in [5.41, 5.74) is 2.29. The van der Waals surface area contributed by atoms with Crippen LogP contribution in [0, 0.1) is 32.5 Å². The van der Waals surface area contributed by atoms with Crippen LogP contribution in [-0.4, -0.2) is 29.0 Å². The van der Waals surface area contributed by atoms with Gasteiger partial charge in [-0.1, -0.05) is 12.1 Å².